The van der Waals surface area contributed by atoms with Gasteiger partial charge < -0.3 is 10.2 Å². The highest BCUT2D eigenvalue weighted by atomic mass is 35.5. The fraction of sp³-hybridized carbons (Fsp3) is 0.364. The van der Waals surface area contributed by atoms with Crippen molar-refractivity contribution in [2.75, 3.05) is 12.4 Å². The van der Waals surface area contributed by atoms with Crippen molar-refractivity contribution in [3.8, 4) is 5.69 Å². The topological polar surface area (TPSA) is 75.9 Å². The molecule has 7 nitrogen and oxygen atoms in total. The van der Waals surface area contributed by atoms with Crippen molar-refractivity contribution in [2.24, 2.45) is 0 Å². The van der Waals surface area contributed by atoms with Crippen molar-refractivity contribution >= 4 is 23.3 Å². The van der Waals surface area contributed by atoms with Gasteiger partial charge in [0.25, 0.3) is 0 Å². The van der Waals surface area contributed by atoms with E-state index in [9.17, 15) is 4.79 Å². The van der Waals surface area contributed by atoms with E-state index in [4.69, 9.17) is 11.6 Å². The molecule has 0 saturated heterocycles. The van der Waals surface area contributed by atoms with Crippen LogP contribution in [0.4, 0.5) is 10.5 Å². The Hall–Kier alpha value is -2.93. The summed E-state index contributed by atoms with van der Waals surface area (Å²) in [5, 5.41) is 16.3. The molecule has 3 aromatic rings. The van der Waals surface area contributed by atoms with Crippen LogP contribution in [-0.4, -0.2) is 38.2 Å². The number of carbonyl (C=O) groups excluding carboxylic acids is 1. The third-order valence-corrected chi connectivity index (χ3v) is 6.41. The van der Waals surface area contributed by atoms with Crippen molar-refractivity contribution in [1.82, 2.24) is 25.1 Å². The molecule has 2 aromatic carbocycles. The fourth-order valence-electron chi connectivity index (χ4n) is 4.23. The zero-order valence-corrected chi connectivity index (χ0v) is 17.9. The largest absolute Gasteiger partial charge is 0.322 e. The van der Waals surface area contributed by atoms with E-state index >= 15 is 0 Å². The van der Waals surface area contributed by atoms with E-state index < -0.39 is 5.54 Å². The van der Waals surface area contributed by atoms with E-state index in [0.29, 0.717) is 10.8 Å². The van der Waals surface area contributed by atoms with Crippen molar-refractivity contribution in [3.05, 3.63) is 64.9 Å². The highest BCUT2D eigenvalue weighted by molar-refractivity contribution is 6.31. The Bertz CT molecular complexity index is 1030. The van der Waals surface area contributed by atoms with Gasteiger partial charge in [0, 0.05) is 17.8 Å². The Kier molecular flexibility index (Phi) is 5.72. The molecule has 2 amide bonds. The molecular formula is C22H25ClN6O. The molecule has 0 atom stereocenters. The van der Waals surface area contributed by atoms with Crippen LogP contribution in [0.1, 0.15) is 43.5 Å². The van der Waals surface area contributed by atoms with E-state index in [1.54, 1.807) is 9.58 Å². The fourth-order valence-corrected chi connectivity index (χ4v) is 4.40. The van der Waals surface area contributed by atoms with E-state index in [2.05, 4.69) is 20.8 Å². The first kappa shape index (κ1) is 20.3. The van der Waals surface area contributed by atoms with Gasteiger partial charge in [0.05, 0.1) is 5.69 Å². The number of para-hydroxylation sites is 1. The Morgan fingerprint density at radius 3 is 2.57 bits per heavy atom. The van der Waals surface area contributed by atoms with E-state index in [1.807, 2.05) is 62.5 Å². The van der Waals surface area contributed by atoms with Crippen LogP contribution in [0.5, 0.6) is 0 Å². The third-order valence-electron chi connectivity index (χ3n) is 6.01. The Morgan fingerprint density at radius 1 is 1.10 bits per heavy atom. The Balaban J connectivity index is 1.74. The number of nitrogens with zero attached hydrogens (tertiary/aromatic N) is 5. The van der Waals surface area contributed by atoms with Crippen LogP contribution in [0.15, 0.2) is 48.5 Å². The highest BCUT2D eigenvalue weighted by Crippen LogP contribution is 2.41. The summed E-state index contributed by atoms with van der Waals surface area (Å²) in [6.07, 6.45) is 4.74. The number of benzene rings is 2. The minimum atomic E-state index is -0.602. The maximum atomic E-state index is 13.2. The van der Waals surface area contributed by atoms with Gasteiger partial charge >= 0.3 is 6.03 Å². The summed E-state index contributed by atoms with van der Waals surface area (Å²) in [6, 6.07) is 15.0. The maximum Gasteiger partial charge on any atom is 0.322 e. The summed E-state index contributed by atoms with van der Waals surface area (Å²) in [6.45, 7) is 1.95. The molecule has 1 aromatic heterocycles. The zero-order valence-electron chi connectivity index (χ0n) is 17.2. The average molecular weight is 425 g/mol. The first-order valence-electron chi connectivity index (χ1n) is 10.2. The summed E-state index contributed by atoms with van der Waals surface area (Å²) in [5.74, 6) is 0.665. The highest BCUT2D eigenvalue weighted by Gasteiger charge is 2.45. The molecule has 0 radical (unpaired) electrons. The molecule has 156 valence electrons. The molecule has 0 bridgehead atoms. The summed E-state index contributed by atoms with van der Waals surface area (Å²) >= 11 is 6.35. The van der Waals surface area contributed by atoms with Gasteiger partial charge in [0.2, 0.25) is 0 Å². The Morgan fingerprint density at radius 2 is 1.83 bits per heavy atom. The monoisotopic (exact) mass is 424 g/mol. The Labute approximate surface area is 181 Å². The predicted molar refractivity (Wildman–Crippen MR) is 117 cm³/mol. The maximum absolute atomic E-state index is 13.2. The van der Waals surface area contributed by atoms with Crippen LogP contribution in [0.2, 0.25) is 5.02 Å². The number of amides is 2. The van der Waals surface area contributed by atoms with E-state index in [-0.39, 0.29) is 6.03 Å². The molecule has 1 saturated carbocycles. The smallest absolute Gasteiger partial charge is 0.315 e. The number of aromatic nitrogens is 4. The number of hydrogen-bond acceptors (Lipinski definition) is 4. The van der Waals surface area contributed by atoms with Crippen molar-refractivity contribution < 1.29 is 4.79 Å². The molecule has 1 aliphatic carbocycles. The van der Waals surface area contributed by atoms with E-state index in [1.165, 1.54) is 0 Å². The zero-order chi connectivity index (χ0) is 21.1. The molecule has 0 unspecified atom stereocenters. The lowest BCUT2D eigenvalue weighted by atomic mass is 9.79. The number of halogens is 1. The molecule has 0 spiro atoms. The van der Waals surface area contributed by atoms with Gasteiger partial charge in [0.15, 0.2) is 5.82 Å². The average Bonchev–Trinajstić information content (AvgIpc) is 3.26. The normalized spacial score (nSPS) is 15.6. The quantitative estimate of drug-likeness (QED) is 0.643. The van der Waals surface area contributed by atoms with Crippen LogP contribution in [0.25, 0.3) is 5.69 Å². The molecular weight excluding hydrogens is 400 g/mol. The SMILES string of the molecule is Cc1c(Cl)cccc1-n1nnnc1C1(N(C)C(=O)Nc2ccccc2)CCCCC1. The standard InChI is InChI=1S/C22H25ClN6O/c1-16-18(23)12-9-13-19(16)29-20(25-26-27-29)22(14-7-4-8-15-22)28(2)21(30)24-17-10-5-3-6-11-17/h3,5-6,9-13H,4,7-8,14-15H2,1-2H3,(H,24,30). The summed E-state index contributed by atoms with van der Waals surface area (Å²) in [4.78, 5) is 15.0. The number of tetrazole rings is 1. The third kappa shape index (κ3) is 3.65. The van der Waals surface area contributed by atoms with Crippen LogP contribution in [0.3, 0.4) is 0 Å². The molecule has 1 aliphatic rings. The first-order valence-corrected chi connectivity index (χ1v) is 10.5. The lowest BCUT2D eigenvalue weighted by Crippen LogP contribution is -2.51. The van der Waals surface area contributed by atoms with E-state index in [0.717, 1.165) is 49.0 Å². The molecule has 1 N–H and O–H groups in total. The molecule has 4 rings (SSSR count). The second-order valence-corrected chi connectivity index (χ2v) is 8.15. The van der Waals surface area contributed by atoms with Crippen molar-refractivity contribution in [3.63, 3.8) is 0 Å². The summed E-state index contributed by atoms with van der Waals surface area (Å²) in [5.41, 5.74) is 1.88. The van der Waals surface area contributed by atoms with Gasteiger partial charge in [-0.1, -0.05) is 55.1 Å². The minimum absolute atomic E-state index is 0.180. The van der Waals surface area contributed by atoms with Crippen LogP contribution in [-0.2, 0) is 5.54 Å². The van der Waals surface area contributed by atoms with Crippen LogP contribution < -0.4 is 5.32 Å². The number of anilines is 1. The van der Waals surface area contributed by atoms with Crippen LogP contribution >= 0.6 is 11.6 Å². The van der Waals surface area contributed by atoms with Gasteiger partial charge in [-0.2, -0.15) is 4.68 Å². The lowest BCUT2D eigenvalue weighted by molar-refractivity contribution is 0.0936. The second-order valence-electron chi connectivity index (χ2n) is 7.75. The molecule has 1 fully saturated rings. The number of rotatable bonds is 4. The van der Waals surface area contributed by atoms with Gasteiger partial charge in [-0.05, 0) is 60.0 Å². The molecule has 30 heavy (non-hydrogen) atoms. The van der Waals surface area contributed by atoms with Crippen LogP contribution in [0, 0.1) is 6.92 Å². The van der Waals surface area contributed by atoms with Gasteiger partial charge in [0.1, 0.15) is 5.54 Å². The molecule has 0 aliphatic heterocycles. The number of nitrogens with one attached hydrogen (secondary N) is 1. The van der Waals surface area contributed by atoms with Crippen molar-refractivity contribution in [2.45, 2.75) is 44.6 Å². The lowest BCUT2D eigenvalue weighted by Gasteiger charge is -2.43. The number of carbonyl (C=O) groups is 1. The first-order chi connectivity index (χ1) is 14.5. The molecule has 1 heterocycles. The second kappa shape index (κ2) is 8.44. The van der Waals surface area contributed by atoms with Crippen molar-refractivity contribution in [1.29, 1.82) is 0 Å². The number of urea groups is 1. The van der Waals surface area contributed by atoms with Gasteiger partial charge in [-0.15, -0.1) is 5.10 Å². The number of hydrogen-bond donors (Lipinski definition) is 1. The predicted octanol–water partition coefficient (Wildman–Crippen LogP) is 4.95. The minimum Gasteiger partial charge on any atom is -0.315 e. The van der Waals surface area contributed by atoms with Gasteiger partial charge in [-0.25, -0.2) is 4.79 Å². The summed E-state index contributed by atoms with van der Waals surface area (Å²) < 4.78 is 1.73. The summed E-state index contributed by atoms with van der Waals surface area (Å²) in [7, 11) is 1.83. The van der Waals surface area contributed by atoms with Gasteiger partial charge in [-0.3, -0.25) is 0 Å². The molecule has 8 heteroatoms.